The highest BCUT2D eigenvalue weighted by Gasteiger charge is 2.28. The number of halogens is 1. The van der Waals surface area contributed by atoms with E-state index in [1.807, 2.05) is 19.9 Å². The molecule has 1 N–H and O–H groups in total. The molecule has 29 heavy (non-hydrogen) atoms. The van der Waals surface area contributed by atoms with Gasteiger partial charge in [0.1, 0.15) is 6.04 Å². The number of benzene rings is 2. The quantitative estimate of drug-likeness (QED) is 0.633. The van der Waals surface area contributed by atoms with Gasteiger partial charge in [-0.25, -0.2) is 0 Å². The molecule has 0 spiro atoms. The van der Waals surface area contributed by atoms with Gasteiger partial charge in [-0.05, 0) is 36.2 Å². The second-order valence-electron chi connectivity index (χ2n) is 6.84. The lowest BCUT2D eigenvalue weighted by molar-refractivity contribution is 0.0910. The molecular formula is C21H20ClN3O4. The van der Waals surface area contributed by atoms with Gasteiger partial charge in [-0.15, -0.1) is 0 Å². The number of carbonyl (C=O) groups is 1. The number of nitrogens with one attached hydrogen (secondary N) is 1. The molecule has 1 amide bonds. The van der Waals surface area contributed by atoms with Gasteiger partial charge in [0.2, 0.25) is 18.5 Å². The summed E-state index contributed by atoms with van der Waals surface area (Å²) in [4.78, 5) is 17.3. The molecule has 150 valence electrons. The summed E-state index contributed by atoms with van der Waals surface area (Å²) in [5.41, 5.74) is 1.14. The van der Waals surface area contributed by atoms with E-state index in [1.54, 1.807) is 36.4 Å². The van der Waals surface area contributed by atoms with Gasteiger partial charge in [0.05, 0.1) is 10.6 Å². The fraction of sp³-hybridized carbons (Fsp3) is 0.286. The van der Waals surface area contributed by atoms with Crippen molar-refractivity contribution < 1.29 is 18.8 Å². The third-order valence-corrected chi connectivity index (χ3v) is 5.29. The number of ether oxygens (including phenoxy) is 2. The number of carbonyl (C=O) groups excluding carboxylic acids is 1. The van der Waals surface area contributed by atoms with Crippen LogP contribution in [0.2, 0.25) is 5.02 Å². The summed E-state index contributed by atoms with van der Waals surface area (Å²) in [7, 11) is 0. The second-order valence-corrected chi connectivity index (χ2v) is 7.25. The Bertz CT molecular complexity index is 1040. The smallest absolute Gasteiger partial charge is 0.253 e. The number of aromatic nitrogens is 2. The Morgan fingerprint density at radius 1 is 1.21 bits per heavy atom. The van der Waals surface area contributed by atoms with Crippen molar-refractivity contribution >= 4 is 17.5 Å². The topological polar surface area (TPSA) is 86.5 Å². The molecule has 2 atom stereocenters. The Morgan fingerprint density at radius 3 is 2.79 bits per heavy atom. The lowest BCUT2D eigenvalue weighted by Crippen LogP contribution is -2.33. The summed E-state index contributed by atoms with van der Waals surface area (Å²) in [6.07, 6.45) is 0.815. The summed E-state index contributed by atoms with van der Waals surface area (Å²) in [6, 6.07) is 11.9. The summed E-state index contributed by atoms with van der Waals surface area (Å²) in [5.74, 6) is 1.86. The van der Waals surface area contributed by atoms with Gasteiger partial charge < -0.3 is 19.3 Å². The third-order valence-electron chi connectivity index (χ3n) is 4.96. The van der Waals surface area contributed by atoms with Crippen LogP contribution in [-0.2, 0) is 0 Å². The first kappa shape index (κ1) is 19.3. The van der Waals surface area contributed by atoms with Crippen molar-refractivity contribution in [3.8, 4) is 22.9 Å². The van der Waals surface area contributed by atoms with Crippen LogP contribution < -0.4 is 14.8 Å². The molecule has 8 heteroatoms. The number of rotatable bonds is 6. The normalized spacial score (nSPS) is 14.4. The average molecular weight is 414 g/mol. The molecule has 7 nitrogen and oxygen atoms in total. The molecule has 2 heterocycles. The maximum Gasteiger partial charge on any atom is 0.253 e. The van der Waals surface area contributed by atoms with Crippen LogP contribution in [-0.4, -0.2) is 22.8 Å². The zero-order valence-electron chi connectivity index (χ0n) is 16.0. The highest BCUT2D eigenvalue weighted by atomic mass is 35.5. The van der Waals surface area contributed by atoms with Crippen molar-refractivity contribution in [2.75, 3.05) is 6.79 Å². The first-order valence-electron chi connectivity index (χ1n) is 9.35. The average Bonchev–Trinajstić information content (AvgIpc) is 3.40. The molecule has 4 rings (SSSR count). The molecule has 0 bridgehead atoms. The molecule has 0 saturated carbocycles. The summed E-state index contributed by atoms with van der Waals surface area (Å²) in [6.45, 7) is 4.25. The number of hydrogen-bond acceptors (Lipinski definition) is 6. The van der Waals surface area contributed by atoms with E-state index in [2.05, 4.69) is 15.5 Å². The van der Waals surface area contributed by atoms with E-state index in [0.29, 0.717) is 33.8 Å². The Labute approximate surface area is 173 Å². The molecule has 1 aliphatic heterocycles. The molecule has 1 aromatic heterocycles. The standard InChI is InChI=1S/C21H20ClN3O4/c1-3-12(2)18(23-20(26)14-6-4-5-7-15(14)22)21-24-19(25-29-21)13-8-9-16-17(10-13)28-11-27-16/h4-10,12,18H,3,11H2,1-2H3,(H,23,26). The van der Waals surface area contributed by atoms with Crippen molar-refractivity contribution in [1.29, 1.82) is 0 Å². The van der Waals surface area contributed by atoms with Crippen LogP contribution in [0.4, 0.5) is 0 Å². The molecule has 0 fully saturated rings. The third kappa shape index (κ3) is 3.91. The zero-order chi connectivity index (χ0) is 20.4. The first-order valence-corrected chi connectivity index (χ1v) is 9.73. The van der Waals surface area contributed by atoms with E-state index in [-0.39, 0.29) is 18.6 Å². The minimum atomic E-state index is -0.445. The van der Waals surface area contributed by atoms with Gasteiger partial charge >= 0.3 is 0 Å². The van der Waals surface area contributed by atoms with Crippen molar-refractivity contribution in [3.63, 3.8) is 0 Å². The van der Waals surface area contributed by atoms with Crippen molar-refractivity contribution in [3.05, 3.63) is 58.9 Å². The van der Waals surface area contributed by atoms with Crippen molar-refractivity contribution in [2.24, 2.45) is 5.92 Å². The van der Waals surface area contributed by atoms with Gasteiger partial charge in [0.25, 0.3) is 5.91 Å². The second kappa shape index (κ2) is 8.13. The Balaban J connectivity index is 1.60. The highest BCUT2D eigenvalue weighted by Crippen LogP contribution is 2.35. The lowest BCUT2D eigenvalue weighted by Gasteiger charge is -2.21. The van der Waals surface area contributed by atoms with E-state index in [0.717, 1.165) is 12.0 Å². The van der Waals surface area contributed by atoms with Crippen molar-refractivity contribution in [2.45, 2.75) is 26.3 Å². The first-order chi connectivity index (χ1) is 14.1. The Kier molecular flexibility index (Phi) is 5.40. The van der Waals surface area contributed by atoms with Gasteiger partial charge in [0.15, 0.2) is 11.5 Å². The van der Waals surface area contributed by atoms with E-state index in [1.165, 1.54) is 0 Å². The summed E-state index contributed by atoms with van der Waals surface area (Å²) >= 11 is 6.16. The molecule has 0 aliphatic carbocycles. The fourth-order valence-corrected chi connectivity index (χ4v) is 3.28. The molecule has 1 aliphatic rings. The Hall–Kier alpha value is -3.06. The van der Waals surface area contributed by atoms with E-state index >= 15 is 0 Å². The SMILES string of the molecule is CCC(C)C(NC(=O)c1ccccc1Cl)c1nc(-c2ccc3c(c2)OCO3)no1. The molecule has 2 aromatic carbocycles. The molecule has 2 unspecified atom stereocenters. The van der Waals surface area contributed by atoms with Crippen LogP contribution in [0.25, 0.3) is 11.4 Å². The maximum absolute atomic E-state index is 12.8. The molecule has 0 radical (unpaired) electrons. The number of fused-ring (bicyclic) bond motifs is 1. The predicted octanol–water partition coefficient (Wildman–Crippen LogP) is 4.64. The predicted molar refractivity (Wildman–Crippen MR) is 107 cm³/mol. The largest absolute Gasteiger partial charge is 0.454 e. The highest BCUT2D eigenvalue weighted by molar-refractivity contribution is 6.33. The zero-order valence-corrected chi connectivity index (χ0v) is 16.8. The molecule has 0 saturated heterocycles. The molecular weight excluding hydrogens is 394 g/mol. The van der Waals surface area contributed by atoms with Gasteiger partial charge in [-0.2, -0.15) is 4.98 Å². The summed E-state index contributed by atoms with van der Waals surface area (Å²) < 4.78 is 16.2. The van der Waals surface area contributed by atoms with Gasteiger partial charge in [-0.1, -0.05) is 49.2 Å². The van der Waals surface area contributed by atoms with Crippen molar-refractivity contribution in [1.82, 2.24) is 15.5 Å². The van der Waals surface area contributed by atoms with Gasteiger partial charge in [0, 0.05) is 5.56 Å². The van der Waals surface area contributed by atoms with Crippen LogP contribution in [0.15, 0.2) is 47.0 Å². The lowest BCUT2D eigenvalue weighted by atomic mass is 9.98. The van der Waals surface area contributed by atoms with Crippen LogP contribution in [0, 0.1) is 5.92 Å². The van der Waals surface area contributed by atoms with Crippen LogP contribution >= 0.6 is 11.6 Å². The fourth-order valence-electron chi connectivity index (χ4n) is 3.06. The minimum Gasteiger partial charge on any atom is -0.454 e. The minimum absolute atomic E-state index is 0.0755. The number of amides is 1. The number of hydrogen-bond donors (Lipinski definition) is 1. The Morgan fingerprint density at radius 2 is 2.00 bits per heavy atom. The van der Waals surface area contributed by atoms with E-state index < -0.39 is 6.04 Å². The summed E-state index contributed by atoms with van der Waals surface area (Å²) in [5, 5.41) is 7.46. The van der Waals surface area contributed by atoms with Crippen LogP contribution in [0.3, 0.4) is 0 Å². The van der Waals surface area contributed by atoms with E-state index in [4.69, 9.17) is 25.6 Å². The van der Waals surface area contributed by atoms with Crippen LogP contribution in [0.1, 0.15) is 42.6 Å². The molecule has 3 aromatic rings. The monoisotopic (exact) mass is 413 g/mol. The van der Waals surface area contributed by atoms with Crippen LogP contribution in [0.5, 0.6) is 11.5 Å². The maximum atomic E-state index is 12.8. The van der Waals surface area contributed by atoms with E-state index in [9.17, 15) is 4.79 Å². The van der Waals surface area contributed by atoms with Gasteiger partial charge in [-0.3, -0.25) is 4.79 Å². The number of nitrogens with zero attached hydrogens (tertiary/aromatic N) is 2.